The highest BCUT2D eigenvalue weighted by molar-refractivity contribution is 9.10. The number of hydrogen-bond donors (Lipinski definition) is 0. The van der Waals surface area contributed by atoms with E-state index in [9.17, 15) is 0 Å². The van der Waals surface area contributed by atoms with Crippen LogP contribution in [0, 0.1) is 0 Å². The third-order valence-electron chi connectivity index (χ3n) is 2.67. The first-order chi connectivity index (χ1) is 9.76. The van der Waals surface area contributed by atoms with E-state index in [0.717, 1.165) is 39.1 Å². The van der Waals surface area contributed by atoms with Gasteiger partial charge in [0.05, 0.1) is 0 Å². The van der Waals surface area contributed by atoms with Gasteiger partial charge in [0, 0.05) is 18.7 Å². The van der Waals surface area contributed by atoms with E-state index in [1.54, 1.807) is 0 Å². The maximum Gasteiger partial charge on any atom is 0.201 e. The molecular weight excluding hydrogens is 338 g/mol. The SMILES string of the molecule is CCCc1nc(Br)cc(Sc2nnc3ccccn23)n1. The predicted molar refractivity (Wildman–Crippen MR) is 80.8 cm³/mol. The molecule has 3 aromatic rings. The summed E-state index contributed by atoms with van der Waals surface area (Å²) in [5.74, 6) is 0.846. The zero-order valence-corrected chi connectivity index (χ0v) is 13.2. The molecule has 0 atom stereocenters. The summed E-state index contributed by atoms with van der Waals surface area (Å²) >= 11 is 4.92. The number of aromatic nitrogens is 5. The van der Waals surface area contributed by atoms with Gasteiger partial charge in [0.25, 0.3) is 0 Å². The molecule has 3 rings (SSSR count). The molecule has 20 heavy (non-hydrogen) atoms. The first kappa shape index (κ1) is 13.5. The molecule has 0 radical (unpaired) electrons. The lowest BCUT2D eigenvalue weighted by atomic mass is 10.3. The molecule has 7 heteroatoms. The second-order valence-corrected chi connectivity index (χ2v) is 6.01. The summed E-state index contributed by atoms with van der Waals surface area (Å²) in [7, 11) is 0. The van der Waals surface area contributed by atoms with Crippen molar-refractivity contribution in [3.05, 3.63) is 40.9 Å². The number of pyridine rings is 1. The van der Waals surface area contributed by atoms with Crippen LogP contribution in [0.25, 0.3) is 5.65 Å². The Bertz CT molecular complexity index is 742. The number of hydrogen-bond acceptors (Lipinski definition) is 5. The van der Waals surface area contributed by atoms with Crippen LogP contribution in [-0.2, 0) is 6.42 Å². The first-order valence-electron chi connectivity index (χ1n) is 6.27. The maximum atomic E-state index is 4.55. The van der Waals surface area contributed by atoms with Gasteiger partial charge in [-0.15, -0.1) is 10.2 Å². The molecule has 3 heterocycles. The zero-order valence-electron chi connectivity index (χ0n) is 10.8. The standard InChI is InChI=1S/C13H12BrN5S/c1-2-5-10-15-9(14)8-12(16-10)20-13-18-17-11-6-3-4-7-19(11)13/h3-4,6-8H,2,5H2,1H3. The molecule has 0 aliphatic carbocycles. The Morgan fingerprint density at radius 2 is 2.15 bits per heavy atom. The quantitative estimate of drug-likeness (QED) is 0.675. The molecule has 0 amide bonds. The molecule has 0 bridgehead atoms. The van der Waals surface area contributed by atoms with Crippen LogP contribution >= 0.6 is 27.7 Å². The largest absolute Gasteiger partial charge is 0.277 e. The van der Waals surface area contributed by atoms with E-state index in [0.29, 0.717) is 0 Å². The van der Waals surface area contributed by atoms with E-state index in [4.69, 9.17) is 0 Å². The fourth-order valence-corrected chi connectivity index (χ4v) is 3.23. The highest BCUT2D eigenvalue weighted by atomic mass is 79.9. The predicted octanol–water partition coefficient (Wildman–Crippen LogP) is 3.39. The Morgan fingerprint density at radius 3 is 3.00 bits per heavy atom. The molecule has 5 nitrogen and oxygen atoms in total. The Morgan fingerprint density at radius 1 is 1.25 bits per heavy atom. The monoisotopic (exact) mass is 349 g/mol. The average Bonchev–Trinajstić information content (AvgIpc) is 2.82. The summed E-state index contributed by atoms with van der Waals surface area (Å²) in [6.07, 6.45) is 3.84. The van der Waals surface area contributed by atoms with Gasteiger partial charge in [0.15, 0.2) is 5.65 Å². The van der Waals surface area contributed by atoms with Crippen LogP contribution in [0.2, 0.25) is 0 Å². The van der Waals surface area contributed by atoms with Crippen molar-refractivity contribution in [3.63, 3.8) is 0 Å². The van der Waals surface area contributed by atoms with Crippen LogP contribution in [0.4, 0.5) is 0 Å². The smallest absolute Gasteiger partial charge is 0.201 e. The first-order valence-corrected chi connectivity index (χ1v) is 7.88. The van der Waals surface area contributed by atoms with Gasteiger partial charge in [0.2, 0.25) is 5.16 Å². The second-order valence-electron chi connectivity index (χ2n) is 4.21. The van der Waals surface area contributed by atoms with Crippen molar-refractivity contribution >= 4 is 33.3 Å². The molecule has 0 N–H and O–H groups in total. The van der Waals surface area contributed by atoms with E-state index >= 15 is 0 Å². The topological polar surface area (TPSA) is 56.0 Å². The molecule has 0 unspecified atom stereocenters. The summed E-state index contributed by atoms with van der Waals surface area (Å²) < 4.78 is 2.74. The summed E-state index contributed by atoms with van der Waals surface area (Å²) in [6.45, 7) is 2.11. The van der Waals surface area contributed by atoms with Gasteiger partial charge >= 0.3 is 0 Å². The third kappa shape index (κ3) is 2.83. The van der Waals surface area contributed by atoms with Crippen molar-refractivity contribution in [3.8, 4) is 0 Å². The highest BCUT2D eigenvalue weighted by Gasteiger charge is 2.09. The van der Waals surface area contributed by atoms with Gasteiger partial charge in [-0.3, -0.25) is 4.40 Å². The maximum absolute atomic E-state index is 4.55. The molecule has 0 saturated heterocycles. The summed E-state index contributed by atoms with van der Waals surface area (Å²) in [6, 6.07) is 7.72. The van der Waals surface area contributed by atoms with E-state index in [1.807, 2.05) is 34.9 Å². The zero-order chi connectivity index (χ0) is 13.9. The van der Waals surface area contributed by atoms with Gasteiger partial charge < -0.3 is 0 Å². The Kier molecular flexibility index (Phi) is 3.98. The molecule has 0 aromatic carbocycles. The van der Waals surface area contributed by atoms with Crippen molar-refractivity contribution in [1.29, 1.82) is 0 Å². The molecule has 0 aliphatic rings. The lowest BCUT2D eigenvalue weighted by Crippen LogP contribution is -1.97. The van der Waals surface area contributed by atoms with Gasteiger partial charge in [-0.1, -0.05) is 13.0 Å². The highest BCUT2D eigenvalue weighted by Crippen LogP contribution is 2.26. The molecule has 0 saturated carbocycles. The number of fused-ring (bicyclic) bond motifs is 1. The Hall–Kier alpha value is -1.47. The van der Waals surface area contributed by atoms with Crippen LogP contribution in [-0.4, -0.2) is 24.6 Å². The van der Waals surface area contributed by atoms with Crippen molar-refractivity contribution in [2.24, 2.45) is 0 Å². The molecular formula is C13H12BrN5S. The minimum absolute atomic E-state index is 0.798. The van der Waals surface area contributed by atoms with Gasteiger partial charge in [-0.25, -0.2) is 9.97 Å². The van der Waals surface area contributed by atoms with Gasteiger partial charge in [0.1, 0.15) is 15.5 Å². The van der Waals surface area contributed by atoms with Crippen LogP contribution in [0.1, 0.15) is 19.2 Å². The summed E-state index contributed by atoms with van der Waals surface area (Å²) in [5.41, 5.74) is 0.830. The van der Waals surface area contributed by atoms with Gasteiger partial charge in [-0.05, 0) is 46.2 Å². The van der Waals surface area contributed by atoms with Crippen LogP contribution in [0.3, 0.4) is 0 Å². The number of halogens is 1. The lowest BCUT2D eigenvalue weighted by molar-refractivity contribution is 0.801. The van der Waals surface area contributed by atoms with Crippen molar-refractivity contribution in [1.82, 2.24) is 24.6 Å². The molecule has 0 fully saturated rings. The average molecular weight is 350 g/mol. The summed E-state index contributed by atoms with van der Waals surface area (Å²) in [4.78, 5) is 8.91. The van der Waals surface area contributed by atoms with E-state index < -0.39 is 0 Å². The number of rotatable bonds is 4. The van der Waals surface area contributed by atoms with Crippen molar-refractivity contribution in [2.45, 2.75) is 29.9 Å². The lowest BCUT2D eigenvalue weighted by Gasteiger charge is -2.03. The fraction of sp³-hybridized carbons (Fsp3) is 0.231. The minimum Gasteiger partial charge on any atom is -0.277 e. The van der Waals surface area contributed by atoms with E-state index in [-0.39, 0.29) is 0 Å². The Balaban J connectivity index is 1.94. The molecule has 102 valence electrons. The van der Waals surface area contributed by atoms with Crippen molar-refractivity contribution < 1.29 is 0 Å². The summed E-state index contributed by atoms with van der Waals surface area (Å²) in [5, 5.41) is 10.00. The Labute approximate surface area is 129 Å². The number of aryl methyl sites for hydroxylation is 1. The minimum atomic E-state index is 0.798. The normalized spacial score (nSPS) is 11.1. The van der Waals surface area contributed by atoms with E-state index in [2.05, 4.69) is 43.0 Å². The molecule has 3 aromatic heterocycles. The van der Waals surface area contributed by atoms with Crippen LogP contribution in [0.15, 0.2) is 45.2 Å². The van der Waals surface area contributed by atoms with Crippen molar-refractivity contribution in [2.75, 3.05) is 0 Å². The molecule has 0 aliphatic heterocycles. The third-order valence-corrected chi connectivity index (χ3v) is 3.96. The number of nitrogens with zero attached hydrogens (tertiary/aromatic N) is 5. The fourth-order valence-electron chi connectivity index (χ4n) is 1.81. The van der Waals surface area contributed by atoms with E-state index in [1.165, 1.54) is 11.8 Å². The second kappa shape index (κ2) is 5.88. The van der Waals surface area contributed by atoms with Crippen LogP contribution < -0.4 is 0 Å². The molecule has 0 spiro atoms. The van der Waals surface area contributed by atoms with Crippen LogP contribution in [0.5, 0.6) is 0 Å². The van der Waals surface area contributed by atoms with Gasteiger partial charge in [-0.2, -0.15) is 0 Å².